The number of nitrogens with one attached hydrogen (secondary N) is 1. The summed E-state index contributed by atoms with van der Waals surface area (Å²) in [6.45, 7) is 8.30. The minimum absolute atomic E-state index is 0.139. The largest absolute Gasteiger partial charge is 0.481 e. The molecule has 1 fully saturated rings. The Morgan fingerprint density at radius 1 is 1.03 bits per heavy atom. The predicted octanol–water partition coefficient (Wildman–Crippen LogP) is 4.17. The second kappa shape index (κ2) is 9.11. The molecule has 2 aromatic rings. The van der Waals surface area contributed by atoms with Crippen LogP contribution in [0.1, 0.15) is 56.2 Å². The Kier molecular flexibility index (Phi) is 6.55. The van der Waals surface area contributed by atoms with Crippen molar-refractivity contribution in [2.45, 2.75) is 59.1 Å². The number of amides is 3. The lowest BCUT2D eigenvalue weighted by Crippen LogP contribution is -2.30. The van der Waals surface area contributed by atoms with Gasteiger partial charge in [-0.2, -0.15) is 0 Å². The van der Waals surface area contributed by atoms with E-state index in [1.165, 1.54) is 10.5 Å². The van der Waals surface area contributed by atoms with Crippen LogP contribution in [0.25, 0.3) is 0 Å². The molecule has 1 saturated heterocycles. The molecule has 0 radical (unpaired) electrons. The molecule has 3 rings (SSSR count). The third-order valence-corrected chi connectivity index (χ3v) is 5.26. The van der Waals surface area contributed by atoms with Crippen LogP contribution < -0.4 is 10.1 Å². The topological polar surface area (TPSA) is 75.7 Å². The van der Waals surface area contributed by atoms with E-state index in [-0.39, 0.29) is 37.1 Å². The smallest absolute Gasteiger partial charge is 0.265 e. The molecule has 1 atom stereocenters. The van der Waals surface area contributed by atoms with E-state index in [4.69, 9.17) is 4.74 Å². The first kappa shape index (κ1) is 21.6. The molecule has 3 amide bonds. The fourth-order valence-corrected chi connectivity index (χ4v) is 3.55. The van der Waals surface area contributed by atoms with Gasteiger partial charge >= 0.3 is 0 Å². The Hall–Kier alpha value is -3.15. The normalized spacial score (nSPS) is 14.9. The highest BCUT2D eigenvalue weighted by Crippen LogP contribution is 2.24. The van der Waals surface area contributed by atoms with E-state index in [0.29, 0.717) is 17.4 Å². The molecule has 30 heavy (non-hydrogen) atoms. The van der Waals surface area contributed by atoms with E-state index in [0.717, 1.165) is 11.1 Å². The van der Waals surface area contributed by atoms with Crippen LogP contribution in [0.3, 0.4) is 0 Å². The van der Waals surface area contributed by atoms with Crippen LogP contribution in [-0.4, -0.2) is 28.7 Å². The van der Waals surface area contributed by atoms with Crippen molar-refractivity contribution in [3.63, 3.8) is 0 Å². The van der Waals surface area contributed by atoms with Crippen molar-refractivity contribution in [2.24, 2.45) is 0 Å². The lowest BCUT2D eigenvalue weighted by Gasteiger charge is -2.17. The zero-order valence-electron chi connectivity index (χ0n) is 17.9. The third kappa shape index (κ3) is 5.06. The number of ether oxygens (including phenoxy) is 1. The van der Waals surface area contributed by atoms with Crippen LogP contribution in [0, 0.1) is 6.92 Å². The van der Waals surface area contributed by atoms with Crippen LogP contribution in [-0.2, 0) is 20.9 Å². The number of likely N-dealkylation sites (tertiary alicyclic amines) is 1. The molecule has 1 heterocycles. The highest BCUT2D eigenvalue weighted by Gasteiger charge is 2.28. The molecule has 1 N–H and O–H groups in total. The molecule has 6 heteroatoms. The standard InChI is InChI=1S/C24H28N2O4/c1-15(2)21-10-9-20(13-16(21)3)30-17(4)24(29)25-19-7-5-18(6-8-19)14-26-22(27)11-12-23(26)28/h5-10,13,15,17H,11-12,14H2,1-4H3,(H,25,29)/t17-/m0/s1. The molecule has 0 bridgehead atoms. The lowest BCUT2D eigenvalue weighted by atomic mass is 9.98. The molecular formula is C24H28N2O4. The fourth-order valence-electron chi connectivity index (χ4n) is 3.55. The molecule has 0 unspecified atom stereocenters. The van der Waals surface area contributed by atoms with Gasteiger partial charge in [-0.05, 0) is 60.7 Å². The molecule has 0 saturated carbocycles. The molecule has 0 aromatic heterocycles. The maximum Gasteiger partial charge on any atom is 0.265 e. The van der Waals surface area contributed by atoms with Gasteiger partial charge in [0.15, 0.2) is 6.10 Å². The van der Waals surface area contributed by atoms with Crippen LogP contribution in [0.2, 0.25) is 0 Å². The van der Waals surface area contributed by atoms with Gasteiger partial charge in [0.05, 0.1) is 6.54 Å². The number of carbonyl (C=O) groups is 3. The summed E-state index contributed by atoms with van der Waals surface area (Å²) in [5, 5.41) is 2.83. The summed E-state index contributed by atoms with van der Waals surface area (Å²) in [5.41, 5.74) is 3.86. The number of imide groups is 1. The molecular weight excluding hydrogens is 380 g/mol. The van der Waals surface area contributed by atoms with Gasteiger partial charge in [-0.25, -0.2) is 0 Å². The van der Waals surface area contributed by atoms with Crippen molar-refractivity contribution in [3.8, 4) is 5.75 Å². The molecule has 0 spiro atoms. The predicted molar refractivity (Wildman–Crippen MR) is 115 cm³/mol. The van der Waals surface area contributed by atoms with Crippen LogP contribution >= 0.6 is 0 Å². The molecule has 158 valence electrons. The number of nitrogens with zero attached hydrogens (tertiary/aromatic N) is 1. The van der Waals surface area contributed by atoms with Gasteiger partial charge in [0.25, 0.3) is 5.91 Å². The van der Waals surface area contributed by atoms with Crippen molar-refractivity contribution in [3.05, 3.63) is 59.2 Å². The van der Waals surface area contributed by atoms with E-state index in [1.54, 1.807) is 31.2 Å². The van der Waals surface area contributed by atoms with Crippen molar-refractivity contribution < 1.29 is 19.1 Å². The second-order valence-corrected chi connectivity index (χ2v) is 7.99. The monoisotopic (exact) mass is 408 g/mol. The van der Waals surface area contributed by atoms with E-state index >= 15 is 0 Å². The summed E-state index contributed by atoms with van der Waals surface area (Å²) >= 11 is 0. The highest BCUT2D eigenvalue weighted by molar-refractivity contribution is 6.01. The fraction of sp³-hybridized carbons (Fsp3) is 0.375. The van der Waals surface area contributed by atoms with Gasteiger partial charge in [-0.3, -0.25) is 19.3 Å². The van der Waals surface area contributed by atoms with Crippen LogP contribution in [0.5, 0.6) is 5.75 Å². The maximum atomic E-state index is 12.5. The second-order valence-electron chi connectivity index (χ2n) is 7.99. The van der Waals surface area contributed by atoms with Crippen molar-refractivity contribution in [1.82, 2.24) is 4.90 Å². The zero-order chi connectivity index (χ0) is 21.8. The van der Waals surface area contributed by atoms with Gasteiger partial charge in [0.1, 0.15) is 5.75 Å². The summed E-state index contributed by atoms with van der Waals surface area (Å²) in [6.07, 6.45) is -0.0938. The Morgan fingerprint density at radius 2 is 1.67 bits per heavy atom. The number of aryl methyl sites for hydroxylation is 1. The van der Waals surface area contributed by atoms with Crippen molar-refractivity contribution in [1.29, 1.82) is 0 Å². The summed E-state index contributed by atoms with van der Waals surface area (Å²) in [5.74, 6) is 0.567. The molecule has 2 aromatic carbocycles. The minimum atomic E-state index is -0.659. The average Bonchev–Trinajstić information content (AvgIpc) is 3.01. The van der Waals surface area contributed by atoms with Crippen LogP contribution in [0.15, 0.2) is 42.5 Å². The van der Waals surface area contributed by atoms with Gasteiger partial charge in [-0.15, -0.1) is 0 Å². The first-order valence-electron chi connectivity index (χ1n) is 10.2. The number of carbonyl (C=O) groups excluding carboxylic acids is 3. The maximum absolute atomic E-state index is 12.5. The number of hydrogen-bond donors (Lipinski definition) is 1. The Bertz CT molecular complexity index is 934. The number of rotatable bonds is 7. The third-order valence-electron chi connectivity index (χ3n) is 5.26. The molecule has 1 aliphatic rings. The Balaban J connectivity index is 1.57. The van der Waals surface area contributed by atoms with Gasteiger partial charge in [0, 0.05) is 18.5 Å². The summed E-state index contributed by atoms with van der Waals surface area (Å²) in [7, 11) is 0. The summed E-state index contributed by atoms with van der Waals surface area (Å²) < 4.78 is 5.81. The summed E-state index contributed by atoms with van der Waals surface area (Å²) in [6, 6.07) is 13.0. The van der Waals surface area contributed by atoms with Crippen molar-refractivity contribution >= 4 is 23.4 Å². The highest BCUT2D eigenvalue weighted by atomic mass is 16.5. The minimum Gasteiger partial charge on any atom is -0.481 e. The van der Waals surface area contributed by atoms with E-state index in [9.17, 15) is 14.4 Å². The zero-order valence-corrected chi connectivity index (χ0v) is 17.9. The Morgan fingerprint density at radius 3 is 2.23 bits per heavy atom. The van der Waals surface area contributed by atoms with E-state index < -0.39 is 6.10 Å². The Labute approximate surface area is 177 Å². The summed E-state index contributed by atoms with van der Waals surface area (Å²) in [4.78, 5) is 37.2. The molecule has 1 aliphatic heterocycles. The van der Waals surface area contributed by atoms with Crippen LogP contribution in [0.4, 0.5) is 5.69 Å². The number of anilines is 1. The molecule has 0 aliphatic carbocycles. The first-order valence-corrected chi connectivity index (χ1v) is 10.2. The average molecular weight is 408 g/mol. The van der Waals surface area contributed by atoms with E-state index in [2.05, 4.69) is 19.2 Å². The van der Waals surface area contributed by atoms with Gasteiger partial charge < -0.3 is 10.1 Å². The first-order chi connectivity index (χ1) is 14.2. The lowest BCUT2D eigenvalue weighted by molar-refractivity contribution is -0.139. The van der Waals surface area contributed by atoms with Crippen molar-refractivity contribution in [2.75, 3.05) is 5.32 Å². The molecule has 6 nitrogen and oxygen atoms in total. The van der Waals surface area contributed by atoms with E-state index in [1.807, 2.05) is 25.1 Å². The number of hydrogen-bond acceptors (Lipinski definition) is 4. The van der Waals surface area contributed by atoms with Gasteiger partial charge in [-0.1, -0.05) is 32.0 Å². The van der Waals surface area contributed by atoms with Gasteiger partial charge in [0.2, 0.25) is 11.8 Å². The number of benzene rings is 2. The quantitative estimate of drug-likeness (QED) is 0.698. The SMILES string of the molecule is Cc1cc(O[C@@H](C)C(=O)Nc2ccc(CN3C(=O)CCC3=O)cc2)ccc1C(C)C.